The van der Waals surface area contributed by atoms with Crippen LogP contribution in [0.1, 0.15) is 48.5 Å². The smallest absolute Gasteiger partial charge is 0.251 e. The fraction of sp³-hybridized carbons (Fsp3) is 0.533. The highest BCUT2D eigenvalue weighted by atomic mass is 16.1. The standard InChI is InChI=1S/C15H22N2O/c1-10-7-8-12(9-13(10)16)15(18)17-14-6-4-3-5-11(14)2/h7-9,11,14H,3-6,16H2,1-2H3,(H,17,18)/t11-,14+/m0/s1. The Labute approximate surface area is 109 Å². The molecule has 1 amide bonds. The second-order valence-electron chi connectivity index (χ2n) is 5.41. The van der Waals surface area contributed by atoms with Gasteiger partial charge >= 0.3 is 0 Å². The zero-order valence-corrected chi connectivity index (χ0v) is 11.2. The van der Waals surface area contributed by atoms with Gasteiger partial charge in [-0.2, -0.15) is 0 Å². The summed E-state index contributed by atoms with van der Waals surface area (Å²) < 4.78 is 0. The fourth-order valence-corrected chi connectivity index (χ4v) is 2.56. The van der Waals surface area contributed by atoms with Gasteiger partial charge in [0.25, 0.3) is 5.91 Å². The van der Waals surface area contributed by atoms with Crippen molar-refractivity contribution in [2.75, 3.05) is 5.73 Å². The third-order valence-corrected chi connectivity index (χ3v) is 3.97. The van der Waals surface area contributed by atoms with Crippen LogP contribution in [0.25, 0.3) is 0 Å². The summed E-state index contributed by atoms with van der Waals surface area (Å²) in [6.07, 6.45) is 4.80. The molecule has 0 unspecified atom stereocenters. The van der Waals surface area contributed by atoms with Gasteiger partial charge in [0.05, 0.1) is 0 Å². The van der Waals surface area contributed by atoms with Crippen molar-refractivity contribution in [3.63, 3.8) is 0 Å². The number of carbonyl (C=O) groups excluding carboxylic acids is 1. The Morgan fingerprint density at radius 3 is 2.72 bits per heavy atom. The third kappa shape index (κ3) is 2.84. The van der Waals surface area contributed by atoms with E-state index in [0.717, 1.165) is 12.0 Å². The van der Waals surface area contributed by atoms with Crippen molar-refractivity contribution >= 4 is 11.6 Å². The van der Waals surface area contributed by atoms with E-state index in [0.29, 0.717) is 23.2 Å². The van der Waals surface area contributed by atoms with Gasteiger partial charge in [-0.3, -0.25) is 4.79 Å². The molecule has 1 aromatic rings. The molecule has 0 aromatic heterocycles. The Kier molecular flexibility index (Phi) is 3.90. The number of nitrogen functional groups attached to an aromatic ring is 1. The van der Waals surface area contributed by atoms with E-state index in [-0.39, 0.29) is 5.91 Å². The maximum absolute atomic E-state index is 12.2. The van der Waals surface area contributed by atoms with Gasteiger partial charge in [0.2, 0.25) is 0 Å². The minimum atomic E-state index is 0.000417. The van der Waals surface area contributed by atoms with Crippen LogP contribution >= 0.6 is 0 Å². The molecule has 3 heteroatoms. The summed E-state index contributed by atoms with van der Waals surface area (Å²) in [7, 11) is 0. The Bertz CT molecular complexity index is 442. The number of nitrogens with two attached hydrogens (primary N) is 1. The molecule has 0 spiro atoms. The molecule has 1 aliphatic carbocycles. The first-order chi connectivity index (χ1) is 8.58. The van der Waals surface area contributed by atoms with Gasteiger partial charge in [-0.25, -0.2) is 0 Å². The molecule has 1 fully saturated rings. The van der Waals surface area contributed by atoms with Gasteiger partial charge in [0.1, 0.15) is 0 Å². The summed E-state index contributed by atoms with van der Waals surface area (Å²) in [5.41, 5.74) is 8.19. The summed E-state index contributed by atoms with van der Waals surface area (Å²) in [4.78, 5) is 12.2. The number of hydrogen-bond donors (Lipinski definition) is 2. The molecule has 18 heavy (non-hydrogen) atoms. The van der Waals surface area contributed by atoms with Gasteiger partial charge in [-0.15, -0.1) is 0 Å². The van der Waals surface area contributed by atoms with Crippen molar-refractivity contribution in [1.29, 1.82) is 0 Å². The lowest BCUT2D eigenvalue weighted by molar-refractivity contribution is 0.0910. The number of hydrogen-bond acceptors (Lipinski definition) is 2. The lowest BCUT2D eigenvalue weighted by Gasteiger charge is -2.29. The highest BCUT2D eigenvalue weighted by Crippen LogP contribution is 2.24. The largest absolute Gasteiger partial charge is 0.398 e. The second kappa shape index (κ2) is 5.42. The molecule has 2 rings (SSSR count). The van der Waals surface area contributed by atoms with Gasteiger partial charge < -0.3 is 11.1 Å². The number of aryl methyl sites for hydroxylation is 1. The van der Waals surface area contributed by atoms with E-state index < -0.39 is 0 Å². The maximum Gasteiger partial charge on any atom is 0.251 e. The van der Waals surface area contributed by atoms with Gasteiger partial charge in [0.15, 0.2) is 0 Å². The first-order valence-electron chi connectivity index (χ1n) is 6.75. The van der Waals surface area contributed by atoms with Crippen LogP contribution in [0.2, 0.25) is 0 Å². The first-order valence-corrected chi connectivity index (χ1v) is 6.75. The number of benzene rings is 1. The molecule has 0 radical (unpaired) electrons. The molecular weight excluding hydrogens is 224 g/mol. The van der Waals surface area contributed by atoms with Crippen LogP contribution < -0.4 is 11.1 Å². The van der Waals surface area contributed by atoms with Crippen LogP contribution in [-0.2, 0) is 0 Å². The number of amides is 1. The molecule has 0 aliphatic heterocycles. The zero-order valence-electron chi connectivity index (χ0n) is 11.2. The Morgan fingerprint density at radius 2 is 2.06 bits per heavy atom. The van der Waals surface area contributed by atoms with E-state index in [1.165, 1.54) is 19.3 Å². The van der Waals surface area contributed by atoms with Gasteiger partial charge in [0, 0.05) is 17.3 Å². The SMILES string of the molecule is Cc1ccc(C(=O)N[C@@H]2CCCC[C@@H]2C)cc1N. The Hall–Kier alpha value is -1.51. The molecular formula is C15H22N2O. The maximum atomic E-state index is 12.2. The van der Waals surface area contributed by atoms with Crippen molar-refractivity contribution in [2.45, 2.75) is 45.6 Å². The summed E-state index contributed by atoms with van der Waals surface area (Å²) in [5.74, 6) is 0.575. The molecule has 0 bridgehead atoms. The van der Waals surface area contributed by atoms with Crippen molar-refractivity contribution in [3.8, 4) is 0 Å². The second-order valence-corrected chi connectivity index (χ2v) is 5.41. The van der Waals surface area contributed by atoms with Crippen LogP contribution in [0.3, 0.4) is 0 Å². The number of nitrogens with one attached hydrogen (secondary N) is 1. The molecule has 1 aromatic carbocycles. The normalized spacial score (nSPS) is 23.7. The number of anilines is 1. The summed E-state index contributed by atoms with van der Waals surface area (Å²) in [5, 5.41) is 3.14. The van der Waals surface area contributed by atoms with E-state index in [1.54, 1.807) is 6.07 Å². The highest BCUT2D eigenvalue weighted by molar-refractivity contribution is 5.95. The van der Waals surface area contributed by atoms with Crippen LogP contribution in [0.15, 0.2) is 18.2 Å². The van der Waals surface area contributed by atoms with E-state index in [2.05, 4.69) is 12.2 Å². The van der Waals surface area contributed by atoms with Crippen LogP contribution in [-0.4, -0.2) is 11.9 Å². The summed E-state index contributed by atoms with van der Waals surface area (Å²) in [6.45, 7) is 4.16. The predicted molar refractivity (Wildman–Crippen MR) is 74.5 cm³/mol. The van der Waals surface area contributed by atoms with Crippen molar-refractivity contribution < 1.29 is 4.79 Å². The molecule has 0 heterocycles. The quantitative estimate of drug-likeness (QED) is 0.788. The predicted octanol–water partition coefficient (Wildman–Crippen LogP) is 2.89. The van der Waals surface area contributed by atoms with E-state index in [4.69, 9.17) is 5.73 Å². The minimum absolute atomic E-state index is 0.000417. The first kappa shape index (κ1) is 12.9. The molecule has 1 aliphatic rings. The van der Waals surface area contributed by atoms with E-state index in [9.17, 15) is 4.79 Å². The zero-order chi connectivity index (χ0) is 13.1. The number of rotatable bonds is 2. The third-order valence-electron chi connectivity index (χ3n) is 3.97. The van der Waals surface area contributed by atoms with Crippen LogP contribution in [0.5, 0.6) is 0 Å². The Morgan fingerprint density at radius 1 is 1.33 bits per heavy atom. The highest BCUT2D eigenvalue weighted by Gasteiger charge is 2.23. The lowest BCUT2D eigenvalue weighted by Crippen LogP contribution is -2.41. The Balaban J connectivity index is 2.04. The van der Waals surface area contributed by atoms with E-state index >= 15 is 0 Å². The molecule has 0 saturated heterocycles. The van der Waals surface area contributed by atoms with Crippen LogP contribution in [0.4, 0.5) is 5.69 Å². The van der Waals surface area contributed by atoms with Crippen molar-refractivity contribution in [3.05, 3.63) is 29.3 Å². The van der Waals surface area contributed by atoms with Gasteiger partial charge in [-0.05, 0) is 43.4 Å². The summed E-state index contributed by atoms with van der Waals surface area (Å²) >= 11 is 0. The molecule has 2 atom stereocenters. The monoisotopic (exact) mass is 246 g/mol. The summed E-state index contributed by atoms with van der Waals surface area (Å²) in [6, 6.07) is 5.81. The van der Waals surface area contributed by atoms with Crippen LogP contribution in [0, 0.1) is 12.8 Å². The fourth-order valence-electron chi connectivity index (χ4n) is 2.56. The molecule has 3 N–H and O–H groups in total. The minimum Gasteiger partial charge on any atom is -0.398 e. The number of carbonyl (C=O) groups is 1. The topological polar surface area (TPSA) is 55.1 Å². The van der Waals surface area contributed by atoms with Crippen molar-refractivity contribution in [2.24, 2.45) is 5.92 Å². The van der Waals surface area contributed by atoms with Crippen molar-refractivity contribution in [1.82, 2.24) is 5.32 Å². The molecule has 1 saturated carbocycles. The average Bonchev–Trinajstić information content (AvgIpc) is 2.35. The molecule has 98 valence electrons. The molecule has 3 nitrogen and oxygen atoms in total. The van der Waals surface area contributed by atoms with E-state index in [1.807, 2.05) is 19.1 Å². The lowest BCUT2D eigenvalue weighted by atomic mass is 9.86. The average molecular weight is 246 g/mol. The van der Waals surface area contributed by atoms with Gasteiger partial charge in [-0.1, -0.05) is 25.8 Å².